The Hall–Kier alpha value is -1.59. The van der Waals surface area contributed by atoms with Crippen molar-refractivity contribution in [2.24, 2.45) is 0 Å². The van der Waals surface area contributed by atoms with Crippen LogP contribution < -0.4 is 11.1 Å². The summed E-state index contributed by atoms with van der Waals surface area (Å²) < 4.78 is 0. The third-order valence-corrected chi connectivity index (χ3v) is 4.06. The van der Waals surface area contributed by atoms with Gasteiger partial charge in [-0.05, 0) is 32.0 Å². The molecule has 1 atom stereocenters. The molecule has 106 valence electrons. The Morgan fingerprint density at radius 3 is 2.95 bits per heavy atom. The lowest BCUT2D eigenvalue weighted by atomic mass is 10.1. The second kappa shape index (κ2) is 6.24. The third kappa shape index (κ3) is 3.71. The molecule has 20 heavy (non-hydrogen) atoms. The van der Waals surface area contributed by atoms with E-state index in [1.807, 2.05) is 6.92 Å². The van der Waals surface area contributed by atoms with Crippen LogP contribution in [0.15, 0.2) is 24.4 Å². The van der Waals surface area contributed by atoms with E-state index in [2.05, 4.69) is 29.4 Å². The number of nitrogens with two attached hydrogens (primary N) is 1. The zero-order valence-electron chi connectivity index (χ0n) is 11.3. The average Bonchev–Trinajstić information content (AvgIpc) is 2.77. The lowest BCUT2D eigenvalue weighted by Gasteiger charge is -2.14. The van der Waals surface area contributed by atoms with Gasteiger partial charge in [-0.25, -0.2) is 4.98 Å². The summed E-state index contributed by atoms with van der Waals surface area (Å²) in [6, 6.07) is 5.66. The van der Waals surface area contributed by atoms with Crippen molar-refractivity contribution >= 4 is 34.5 Å². The van der Waals surface area contributed by atoms with Gasteiger partial charge in [0.05, 0.1) is 17.4 Å². The molecule has 0 saturated heterocycles. The molecule has 4 nitrogen and oxygen atoms in total. The Morgan fingerprint density at radius 2 is 2.30 bits per heavy atom. The fraction of sp³-hybridized carbons (Fsp3) is 0.286. The number of carbonyl (C=O) groups is 1. The minimum absolute atomic E-state index is 0.0203. The molecule has 0 aliphatic carbocycles. The average molecular weight is 310 g/mol. The number of thiophene rings is 1. The molecule has 0 aromatic carbocycles. The van der Waals surface area contributed by atoms with Gasteiger partial charge in [0.15, 0.2) is 0 Å². The van der Waals surface area contributed by atoms with E-state index in [0.717, 1.165) is 6.42 Å². The highest BCUT2D eigenvalue weighted by molar-refractivity contribution is 7.11. The smallest absolute Gasteiger partial charge is 0.253 e. The largest absolute Gasteiger partial charge is 0.397 e. The second-order valence-electron chi connectivity index (χ2n) is 4.69. The molecule has 2 rings (SSSR count). The number of nitrogens with zero attached hydrogens (tertiary/aromatic N) is 1. The zero-order chi connectivity index (χ0) is 14.7. The van der Waals surface area contributed by atoms with Crippen LogP contribution in [0.1, 0.15) is 27.0 Å². The summed E-state index contributed by atoms with van der Waals surface area (Å²) in [6.45, 7) is 4.03. The summed E-state index contributed by atoms with van der Waals surface area (Å²) in [6.07, 6.45) is 2.19. The quantitative estimate of drug-likeness (QED) is 0.853. The number of hydrogen-bond acceptors (Lipinski definition) is 4. The standard InChI is InChI=1S/C14H16ClN3OS/c1-8(5-10-4-3-9(2)20-10)18-14(19)11-6-13(15)17-7-12(11)16/h3-4,6-8H,5,16H2,1-2H3,(H,18,19). The van der Waals surface area contributed by atoms with Crippen LogP contribution in [0.25, 0.3) is 0 Å². The van der Waals surface area contributed by atoms with E-state index in [0.29, 0.717) is 11.3 Å². The molecule has 1 unspecified atom stereocenters. The van der Waals surface area contributed by atoms with E-state index < -0.39 is 0 Å². The van der Waals surface area contributed by atoms with Crippen molar-refractivity contribution in [3.05, 3.63) is 44.9 Å². The minimum atomic E-state index is -0.229. The second-order valence-corrected chi connectivity index (χ2v) is 6.44. The topological polar surface area (TPSA) is 68.0 Å². The molecule has 0 aliphatic heterocycles. The molecule has 0 spiro atoms. The number of amides is 1. The Morgan fingerprint density at radius 1 is 1.55 bits per heavy atom. The molecule has 0 radical (unpaired) electrons. The Bertz CT molecular complexity index is 627. The van der Waals surface area contributed by atoms with E-state index in [1.54, 1.807) is 11.3 Å². The van der Waals surface area contributed by atoms with Crippen LogP contribution >= 0.6 is 22.9 Å². The molecular formula is C14H16ClN3OS. The molecule has 0 aliphatic rings. The first kappa shape index (κ1) is 14.8. The first-order valence-corrected chi connectivity index (χ1v) is 7.42. The van der Waals surface area contributed by atoms with Gasteiger partial charge in [0, 0.05) is 22.2 Å². The molecule has 6 heteroatoms. The molecule has 2 aromatic rings. The maximum absolute atomic E-state index is 12.1. The SMILES string of the molecule is Cc1ccc(CC(C)NC(=O)c2cc(Cl)ncc2N)s1. The van der Waals surface area contributed by atoms with Gasteiger partial charge < -0.3 is 11.1 Å². The molecule has 3 N–H and O–H groups in total. The van der Waals surface area contributed by atoms with E-state index >= 15 is 0 Å². The maximum Gasteiger partial charge on any atom is 0.253 e. The van der Waals surface area contributed by atoms with Crippen molar-refractivity contribution in [2.75, 3.05) is 5.73 Å². The number of rotatable bonds is 4. The monoisotopic (exact) mass is 309 g/mol. The van der Waals surface area contributed by atoms with Crippen molar-refractivity contribution in [1.29, 1.82) is 0 Å². The number of aromatic nitrogens is 1. The number of halogens is 1. The summed E-state index contributed by atoms with van der Waals surface area (Å²) in [5.74, 6) is -0.229. The number of carbonyl (C=O) groups excluding carboxylic acids is 1. The fourth-order valence-electron chi connectivity index (χ4n) is 1.89. The van der Waals surface area contributed by atoms with Crippen molar-refractivity contribution in [3.63, 3.8) is 0 Å². The van der Waals surface area contributed by atoms with Gasteiger partial charge in [-0.15, -0.1) is 11.3 Å². The van der Waals surface area contributed by atoms with Crippen LogP contribution in [0, 0.1) is 6.92 Å². The summed E-state index contributed by atoms with van der Waals surface area (Å²) in [5.41, 5.74) is 6.43. The van der Waals surface area contributed by atoms with Gasteiger partial charge in [0.1, 0.15) is 5.15 Å². The van der Waals surface area contributed by atoms with Crippen molar-refractivity contribution in [3.8, 4) is 0 Å². The lowest BCUT2D eigenvalue weighted by Crippen LogP contribution is -2.34. The first-order valence-electron chi connectivity index (χ1n) is 6.23. The van der Waals surface area contributed by atoms with E-state index in [4.69, 9.17) is 17.3 Å². The van der Waals surface area contributed by atoms with Crippen LogP contribution in [-0.2, 0) is 6.42 Å². The van der Waals surface area contributed by atoms with E-state index in [1.165, 1.54) is 22.0 Å². The highest BCUT2D eigenvalue weighted by Crippen LogP contribution is 2.18. The van der Waals surface area contributed by atoms with Crippen molar-refractivity contribution < 1.29 is 4.79 Å². The number of nitrogens with one attached hydrogen (secondary N) is 1. The molecule has 0 bridgehead atoms. The van der Waals surface area contributed by atoms with Gasteiger partial charge in [0.25, 0.3) is 5.91 Å². The summed E-state index contributed by atoms with van der Waals surface area (Å²) in [4.78, 5) is 18.5. The van der Waals surface area contributed by atoms with Gasteiger partial charge in [0.2, 0.25) is 0 Å². The van der Waals surface area contributed by atoms with Crippen LogP contribution in [0.2, 0.25) is 5.15 Å². The fourth-order valence-corrected chi connectivity index (χ4v) is 3.06. The van der Waals surface area contributed by atoms with E-state index in [-0.39, 0.29) is 17.1 Å². The highest BCUT2D eigenvalue weighted by atomic mass is 35.5. The van der Waals surface area contributed by atoms with E-state index in [9.17, 15) is 4.79 Å². The van der Waals surface area contributed by atoms with Gasteiger partial charge in [-0.1, -0.05) is 11.6 Å². The van der Waals surface area contributed by atoms with Crippen molar-refractivity contribution in [2.45, 2.75) is 26.3 Å². The van der Waals surface area contributed by atoms with Gasteiger partial charge in [-0.2, -0.15) is 0 Å². The molecule has 0 fully saturated rings. The molecule has 1 amide bonds. The predicted molar refractivity (Wildman–Crippen MR) is 83.3 cm³/mol. The normalized spacial score (nSPS) is 12.2. The Balaban J connectivity index is 2.02. The van der Waals surface area contributed by atoms with Crippen LogP contribution in [0.4, 0.5) is 5.69 Å². The first-order chi connectivity index (χ1) is 9.45. The molecule has 0 saturated carbocycles. The molecule has 2 heterocycles. The Labute approximate surface area is 127 Å². The number of pyridine rings is 1. The van der Waals surface area contributed by atoms with Crippen LogP contribution in [-0.4, -0.2) is 16.9 Å². The van der Waals surface area contributed by atoms with Gasteiger partial charge in [-0.3, -0.25) is 4.79 Å². The summed E-state index contributed by atoms with van der Waals surface area (Å²) in [7, 11) is 0. The maximum atomic E-state index is 12.1. The number of aryl methyl sites for hydroxylation is 1. The summed E-state index contributed by atoms with van der Waals surface area (Å²) in [5, 5.41) is 3.18. The highest BCUT2D eigenvalue weighted by Gasteiger charge is 2.14. The number of hydrogen-bond donors (Lipinski definition) is 2. The lowest BCUT2D eigenvalue weighted by molar-refractivity contribution is 0.0941. The van der Waals surface area contributed by atoms with Crippen molar-refractivity contribution in [1.82, 2.24) is 10.3 Å². The van der Waals surface area contributed by atoms with Crippen LogP contribution in [0.3, 0.4) is 0 Å². The summed E-state index contributed by atoms with van der Waals surface area (Å²) >= 11 is 7.52. The van der Waals surface area contributed by atoms with Crippen LogP contribution in [0.5, 0.6) is 0 Å². The number of anilines is 1. The third-order valence-electron chi connectivity index (χ3n) is 2.83. The minimum Gasteiger partial charge on any atom is -0.397 e. The zero-order valence-corrected chi connectivity index (χ0v) is 12.9. The molecular weight excluding hydrogens is 294 g/mol. The Kier molecular flexibility index (Phi) is 4.62. The number of nitrogen functional groups attached to an aromatic ring is 1. The predicted octanol–water partition coefficient (Wildman–Crippen LogP) is 3.05. The molecule has 2 aromatic heterocycles. The van der Waals surface area contributed by atoms with Gasteiger partial charge >= 0.3 is 0 Å².